The first-order valence-electron chi connectivity index (χ1n) is 7.80. The van der Waals surface area contributed by atoms with Gasteiger partial charge in [0, 0.05) is 22.2 Å². The zero-order valence-electron chi connectivity index (χ0n) is 13.6. The number of anilines is 2. The third-order valence-corrected chi connectivity index (χ3v) is 6.17. The van der Waals surface area contributed by atoms with Crippen molar-refractivity contribution in [2.75, 3.05) is 19.2 Å². The van der Waals surface area contributed by atoms with E-state index in [0.717, 1.165) is 31.7 Å². The van der Waals surface area contributed by atoms with Crippen molar-refractivity contribution in [1.29, 1.82) is 0 Å². The Morgan fingerprint density at radius 3 is 2.81 bits per heavy atom. The summed E-state index contributed by atoms with van der Waals surface area (Å²) in [5.74, 6) is 1.06. The van der Waals surface area contributed by atoms with Crippen LogP contribution in [0.5, 0.6) is 11.5 Å². The zero-order chi connectivity index (χ0) is 17.7. The van der Waals surface area contributed by atoms with Gasteiger partial charge in [0.15, 0.2) is 16.6 Å². The minimum Gasteiger partial charge on any atom is -0.465 e. The van der Waals surface area contributed by atoms with Gasteiger partial charge in [-0.1, -0.05) is 29.5 Å². The number of hydrogen-bond acceptors (Lipinski definition) is 8. The molecular weight excluding hydrogens is 372 g/mol. The molecule has 0 atom stereocenters. The normalized spacial score (nSPS) is 12.7. The molecule has 2 aromatic heterocycles. The molecule has 8 heteroatoms. The highest BCUT2D eigenvalue weighted by Gasteiger charge is 2.21. The highest BCUT2D eigenvalue weighted by atomic mass is 32.1. The van der Waals surface area contributed by atoms with Crippen molar-refractivity contribution in [2.45, 2.75) is 0 Å². The summed E-state index contributed by atoms with van der Waals surface area (Å²) < 4.78 is 17.8. The average molecular weight is 384 g/mol. The second-order valence-corrected chi connectivity index (χ2v) is 7.69. The number of hydrogen-bond donors (Lipinski definition) is 1. The Morgan fingerprint density at radius 1 is 1.15 bits per heavy atom. The van der Waals surface area contributed by atoms with Crippen molar-refractivity contribution in [3.63, 3.8) is 0 Å². The van der Waals surface area contributed by atoms with Gasteiger partial charge in [-0.05, 0) is 6.07 Å². The van der Waals surface area contributed by atoms with E-state index in [-0.39, 0.29) is 12.8 Å². The summed E-state index contributed by atoms with van der Waals surface area (Å²) >= 11 is 2.89. The topological polar surface area (TPSA) is 69.7 Å². The number of thiophene rings is 1. The van der Waals surface area contributed by atoms with Crippen LogP contribution in [0.1, 0.15) is 9.67 Å². The molecule has 0 saturated carbocycles. The third-order valence-electron chi connectivity index (χ3n) is 4.08. The van der Waals surface area contributed by atoms with E-state index >= 15 is 0 Å². The van der Waals surface area contributed by atoms with Crippen molar-refractivity contribution in [3.05, 3.63) is 41.3 Å². The molecule has 0 spiro atoms. The van der Waals surface area contributed by atoms with Crippen LogP contribution in [0.25, 0.3) is 20.3 Å². The Balaban J connectivity index is 1.61. The zero-order valence-corrected chi connectivity index (χ0v) is 15.2. The number of nitrogens with zero attached hydrogens (tertiary/aromatic N) is 1. The van der Waals surface area contributed by atoms with Crippen LogP contribution in [-0.4, -0.2) is 24.9 Å². The van der Waals surface area contributed by atoms with E-state index in [0.29, 0.717) is 15.8 Å². The summed E-state index contributed by atoms with van der Waals surface area (Å²) in [5.41, 5.74) is 1.54. The largest absolute Gasteiger partial charge is 0.465 e. The van der Waals surface area contributed by atoms with Crippen LogP contribution in [0.4, 0.5) is 10.8 Å². The first-order valence-corrected chi connectivity index (χ1v) is 9.43. The van der Waals surface area contributed by atoms with Crippen molar-refractivity contribution < 1.29 is 19.0 Å². The van der Waals surface area contributed by atoms with Gasteiger partial charge in [-0.25, -0.2) is 9.78 Å². The maximum atomic E-state index is 12.2. The number of esters is 1. The van der Waals surface area contributed by atoms with Crippen molar-refractivity contribution >= 4 is 59.8 Å². The maximum Gasteiger partial charge on any atom is 0.350 e. The second kappa shape index (κ2) is 5.86. The van der Waals surface area contributed by atoms with Gasteiger partial charge in [0.1, 0.15) is 4.88 Å². The monoisotopic (exact) mass is 384 g/mol. The van der Waals surface area contributed by atoms with Gasteiger partial charge in [-0.3, -0.25) is 0 Å². The van der Waals surface area contributed by atoms with E-state index in [9.17, 15) is 4.79 Å². The standard InChI is InChI=1S/C18H12N2O4S2/c1-22-17(21)16-15(9-4-2-3-5-13(9)25-16)20-18-19-10-6-11-12(24-8-23-11)7-14(10)26-18/h2-7H,8H2,1H3,(H,19,20). The van der Waals surface area contributed by atoms with Gasteiger partial charge in [0.05, 0.1) is 23.0 Å². The van der Waals surface area contributed by atoms with Crippen LogP contribution < -0.4 is 14.8 Å². The molecule has 6 nitrogen and oxygen atoms in total. The van der Waals surface area contributed by atoms with Crippen LogP contribution in [0.15, 0.2) is 36.4 Å². The predicted molar refractivity (Wildman–Crippen MR) is 102 cm³/mol. The lowest BCUT2D eigenvalue weighted by Gasteiger charge is -2.04. The number of carbonyl (C=O) groups is 1. The Hall–Kier alpha value is -2.84. The van der Waals surface area contributed by atoms with Crippen LogP contribution in [-0.2, 0) is 4.74 Å². The minimum atomic E-state index is -0.365. The van der Waals surface area contributed by atoms with Gasteiger partial charge in [-0.15, -0.1) is 11.3 Å². The molecule has 2 aromatic carbocycles. The van der Waals surface area contributed by atoms with E-state index in [4.69, 9.17) is 14.2 Å². The number of methoxy groups -OCH3 is 1. The molecule has 0 radical (unpaired) electrons. The molecular formula is C18H12N2O4S2. The fourth-order valence-electron chi connectivity index (χ4n) is 2.88. The minimum absolute atomic E-state index is 0.237. The summed E-state index contributed by atoms with van der Waals surface area (Å²) in [5, 5.41) is 4.97. The van der Waals surface area contributed by atoms with E-state index in [1.807, 2.05) is 36.4 Å². The van der Waals surface area contributed by atoms with Crippen LogP contribution in [0.3, 0.4) is 0 Å². The van der Waals surface area contributed by atoms with E-state index in [2.05, 4.69) is 10.3 Å². The number of nitrogens with one attached hydrogen (secondary N) is 1. The lowest BCUT2D eigenvalue weighted by molar-refractivity contribution is 0.0607. The number of aromatic nitrogens is 1. The third kappa shape index (κ3) is 2.38. The molecule has 4 aromatic rings. The average Bonchev–Trinajstić information content (AvgIpc) is 3.35. The number of fused-ring (bicyclic) bond motifs is 3. The molecule has 5 rings (SSSR count). The summed E-state index contributed by atoms with van der Waals surface area (Å²) in [6.07, 6.45) is 0. The lowest BCUT2D eigenvalue weighted by Crippen LogP contribution is -2.02. The smallest absolute Gasteiger partial charge is 0.350 e. The van der Waals surface area contributed by atoms with E-state index in [1.54, 1.807) is 0 Å². The van der Waals surface area contributed by atoms with Crippen LogP contribution >= 0.6 is 22.7 Å². The van der Waals surface area contributed by atoms with Gasteiger partial charge < -0.3 is 19.5 Å². The number of thiazole rings is 1. The molecule has 1 aliphatic heterocycles. The van der Waals surface area contributed by atoms with E-state index in [1.165, 1.54) is 29.8 Å². The summed E-state index contributed by atoms with van der Waals surface area (Å²) in [6, 6.07) is 11.6. The Labute approximate surface area is 155 Å². The van der Waals surface area contributed by atoms with Crippen LogP contribution in [0, 0.1) is 0 Å². The van der Waals surface area contributed by atoms with Crippen LogP contribution in [0.2, 0.25) is 0 Å². The summed E-state index contributed by atoms with van der Waals surface area (Å²) in [7, 11) is 1.38. The highest BCUT2D eigenvalue weighted by Crippen LogP contribution is 2.42. The summed E-state index contributed by atoms with van der Waals surface area (Å²) in [4.78, 5) is 17.4. The lowest BCUT2D eigenvalue weighted by atomic mass is 10.2. The molecule has 26 heavy (non-hydrogen) atoms. The molecule has 130 valence electrons. The van der Waals surface area contributed by atoms with Gasteiger partial charge in [-0.2, -0.15) is 0 Å². The molecule has 0 saturated heterocycles. The van der Waals surface area contributed by atoms with Crippen molar-refractivity contribution in [3.8, 4) is 11.5 Å². The van der Waals surface area contributed by atoms with E-state index < -0.39 is 0 Å². The molecule has 3 heterocycles. The van der Waals surface area contributed by atoms with Gasteiger partial charge >= 0.3 is 5.97 Å². The first-order chi connectivity index (χ1) is 12.7. The Bertz CT molecular complexity index is 1120. The molecule has 0 unspecified atom stereocenters. The van der Waals surface area contributed by atoms with Gasteiger partial charge in [0.2, 0.25) is 6.79 Å². The molecule has 0 bridgehead atoms. The molecule has 0 fully saturated rings. The quantitative estimate of drug-likeness (QED) is 0.513. The molecule has 0 aliphatic carbocycles. The fraction of sp³-hybridized carbons (Fsp3) is 0.111. The molecule has 0 amide bonds. The maximum absolute atomic E-state index is 12.2. The Morgan fingerprint density at radius 2 is 1.96 bits per heavy atom. The van der Waals surface area contributed by atoms with Gasteiger partial charge in [0.25, 0.3) is 0 Å². The van der Waals surface area contributed by atoms with Crippen molar-refractivity contribution in [2.24, 2.45) is 0 Å². The second-order valence-electron chi connectivity index (χ2n) is 5.61. The highest BCUT2D eigenvalue weighted by molar-refractivity contribution is 7.23. The SMILES string of the molecule is COC(=O)c1sc2ccccc2c1Nc1nc2cc3c(cc2s1)OCO3. The summed E-state index contributed by atoms with van der Waals surface area (Å²) in [6.45, 7) is 0.237. The molecule has 1 aliphatic rings. The number of ether oxygens (including phenoxy) is 3. The first kappa shape index (κ1) is 15.4. The van der Waals surface area contributed by atoms with Crippen molar-refractivity contribution in [1.82, 2.24) is 4.98 Å². The predicted octanol–water partition coefficient (Wildman–Crippen LogP) is 4.77. The number of carbonyl (C=O) groups excluding carboxylic acids is 1. The Kier molecular flexibility index (Phi) is 3.47. The molecule has 1 N–H and O–H groups in total. The fourth-order valence-corrected chi connectivity index (χ4v) is 4.84. The number of rotatable bonds is 3. The number of benzene rings is 2.